The van der Waals surface area contributed by atoms with Gasteiger partial charge in [-0.15, -0.1) is 0 Å². The van der Waals surface area contributed by atoms with Gasteiger partial charge in [-0.2, -0.15) is 0 Å². The van der Waals surface area contributed by atoms with Crippen LogP contribution in [0.5, 0.6) is 17.4 Å². The van der Waals surface area contributed by atoms with E-state index in [1.165, 1.54) is 21.9 Å². The first kappa shape index (κ1) is 25.9. The van der Waals surface area contributed by atoms with Crippen molar-refractivity contribution in [3.05, 3.63) is 95.2 Å². The van der Waals surface area contributed by atoms with Crippen LogP contribution in [0.4, 0.5) is 0 Å². The van der Waals surface area contributed by atoms with Crippen LogP contribution in [-0.4, -0.2) is 19.6 Å². The van der Waals surface area contributed by atoms with Crippen LogP contribution >= 0.6 is 0 Å². The van der Waals surface area contributed by atoms with E-state index in [2.05, 4.69) is 87.7 Å². The molecule has 0 atom stereocenters. The van der Waals surface area contributed by atoms with Gasteiger partial charge in [-0.3, -0.25) is 4.57 Å². The number of fused-ring (bicyclic) bond motifs is 4. The fourth-order valence-corrected chi connectivity index (χ4v) is 5.58. The van der Waals surface area contributed by atoms with Crippen molar-refractivity contribution in [3.63, 3.8) is 0 Å². The molecule has 0 saturated carbocycles. The third-order valence-electron chi connectivity index (χ3n) is 7.84. The molecule has 40 heavy (non-hydrogen) atoms. The number of hydrogen-bond donors (Lipinski definition) is 1. The summed E-state index contributed by atoms with van der Waals surface area (Å²) in [6, 6.07) is 22.8. The standard InChI is InChI=1S/C35H35N3O2/c1-7-22-14-15-36-31(17-22)38-28-11-9-10-23(8-2)33(28)26-13-12-25(20-29(26)38)40-32-16-21(3)27-18-24(35(4,5)6)19-30(39)34(27)37-32/h9-20,39H,7-8H2,1-6H3. The minimum Gasteiger partial charge on any atom is -0.506 e. The zero-order valence-electron chi connectivity index (χ0n) is 24.0. The van der Waals surface area contributed by atoms with Gasteiger partial charge >= 0.3 is 0 Å². The molecule has 5 nitrogen and oxygen atoms in total. The van der Waals surface area contributed by atoms with Crippen LogP contribution in [0.1, 0.15) is 56.9 Å². The number of hydrogen-bond acceptors (Lipinski definition) is 4. The summed E-state index contributed by atoms with van der Waals surface area (Å²) in [7, 11) is 0. The maximum atomic E-state index is 10.9. The molecule has 0 fully saturated rings. The Morgan fingerprint density at radius 1 is 0.875 bits per heavy atom. The number of benzene rings is 3. The number of aryl methyl sites for hydroxylation is 3. The predicted octanol–water partition coefficient (Wildman–Crippen LogP) is 8.96. The third-order valence-corrected chi connectivity index (χ3v) is 7.84. The molecule has 0 bridgehead atoms. The lowest BCUT2D eigenvalue weighted by atomic mass is 9.85. The van der Waals surface area contributed by atoms with Gasteiger partial charge in [0.1, 0.15) is 22.8 Å². The fourth-order valence-electron chi connectivity index (χ4n) is 5.58. The Balaban J connectivity index is 1.51. The number of ether oxygens (including phenoxy) is 1. The Morgan fingerprint density at radius 2 is 1.70 bits per heavy atom. The summed E-state index contributed by atoms with van der Waals surface area (Å²) < 4.78 is 8.59. The molecule has 0 amide bonds. The molecule has 6 aromatic rings. The molecule has 0 spiro atoms. The van der Waals surface area contributed by atoms with Gasteiger partial charge < -0.3 is 9.84 Å². The molecule has 0 unspecified atom stereocenters. The van der Waals surface area contributed by atoms with Gasteiger partial charge in [-0.25, -0.2) is 9.97 Å². The summed E-state index contributed by atoms with van der Waals surface area (Å²) in [6.45, 7) is 12.8. The average molecular weight is 530 g/mol. The van der Waals surface area contributed by atoms with Crippen molar-refractivity contribution >= 4 is 32.7 Å². The van der Waals surface area contributed by atoms with Crippen LogP contribution in [-0.2, 0) is 18.3 Å². The number of phenols is 1. The van der Waals surface area contributed by atoms with Crippen LogP contribution < -0.4 is 4.74 Å². The molecule has 1 N–H and O–H groups in total. The zero-order chi connectivity index (χ0) is 28.2. The van der Waals surface area contributed by atoms with E-state index < -0.39 is 0 Å². The van der Waals surface area contributed by atoms with Crippen LogP contribution in [0.3, 0.4) is 0 Å². The number of aromatic nitrogens is 3. The van der Waals surface area contributed by atoms with E-state index in [-0.39, 0.29) is 11.2 Å². The number of rotatable bonds is 5. The molecular formula is C35H35N3O2. The van der Waals surface area contributed by atoms with Crippen LogP contribution in [0.15, 0.2) is 72.9 Å². The van der Waals surface area contributed by atoms with E-state index >= 15 is 0 Å². The number of nitrogens with zero attached hydrogens (tertiary/aromatic N) is 3. The zero-order valence-corrected chi connectivity index (χ0v) is 24.0. The first-order chi connectivity index (χ1) is 19.2. The maximum absolute atomic E-state index is 10.9. The summed E-state index contributed by atoms with van der Waals surface area (Å²) >= 11 is 0. The highest BCUT2D eigenvalue weighted by atomic mass is 16.5. The van der Waals surface area contributed by atoms with Gasteiger partial charge in [-0.05, 0) is 89.9 Å². The van der Waals surface area contributed by atoms with Crippen molar-refractivity contribution < 1.29 is 9.84 Å². The van der Waals surface area contributed by atoms with E-state index in [0.717, 1.165) is 46.2 Å². The highest BCUT2D eigenvalue weighted by Crippen LogP contribution is 2.38. The van der Waals surface area contributed by atoms with E-state index in [0.29, 0.717) is 17.1 Å². The highest BCUT2D eigenvalue weighted by Gasteiger charge is 2.19. The molecule has 3 heterocycles. The summed E-state index contributed by atoms with van der Waals surface area (Å²) in [6.07, 6.45) is 3.77. The van der Waals surface area contributed by atoms with Crippen molar-refractivity contribution in [1.82, 2.24) is 14.5 Å². The van der Waals surface area contributed by atoms with Crippen molar-refractivity contribution in [3.8, 4) is 23.2 Å². The number of aromatic hydroxyl groups is 1. The van der Waals surface area contributed by atoms with Crippen molar-refractivity contribution in [1.29, 1.82) is 0 Å². The molecule has 3 aromatic carbocycles. The normalized spacial score (nSPS) is 12.1. The molecule has 0 aliphatic rings. The summed E-state index contributed by atoms with van der Waals surface area (Å²) in [5.41, 5.74) is 7.25. The molecule has 0 aliphatic carbocycles. The lowest BCUT2D eigenvalue weighted by Crippen LogP contribution is -2.11. The van der Waals surface area contributed by atoms with Crippen LogP contribution in [0, 0.1) is 6.92 Å². The second kappa shape index (κ2) is 9.67. The Hall–Kier alpha value is -4.38. The van der Waals surface area contributed by atoms with Crippen molar-refractivity contribution in [2.24, 2.45) is 0 Å². The van der Waals surface area contributed by atoms with Gasteiger partial charge in [0.15, 0.2) is 0 Å². The average Bonchev–Trinajstić information content (AvgIpc) is 3.26. The Kier molecular flexibility index (Phi) is 6.25. The fraction of sp³-hybridized carbons (Fsp3) is 0.257. The quantitative estimate of drug-likeness (QED) is 0.242. The number of pyridine rings is 2. The molecule has 0 radical (unpaired) electrons. The van der Waals surface area contributed by atoms with Crippen LogP contribution in [0.2, 0.25) is 0 Å². The monoisotopic (exact) mass is 529 g/mol. The maximum Gasteiger partial charge on any atom is 0.220 e. The molecule has 202 valence electrons. The first-order valence-electron chi connectivity index (χ1n) is 14.0. The Bertz CT molecular complexity index is 1910. The van der Waals surface area contributed by atoms with Crippen molar-refractivity contribution in [2.75, 3.05) is 0 Å². The Morgan fingerprint density at radius 3 is 2.45 bits per heavy atom. The smallest absolute Gasteiger partial charge is 0.220 e. The van der Waals surface area contributed by atoms with Gasteiger partial charge in [0, 0.05) is 34.5 Å². The lowest BCUT2D eigenvalue weighted by molar-refractivity contribution is 0.459. The number of phenolic OH excluding ortho intramolecular Hbond substituents is 1. The topological polar surface area (TPSA) is 60.2 Å². The molecule has 0 saturated heterocycles. The third kappa shape index (κ3) is 4.36. The summed E-state index contributed by atoms with van der Waals surface area (Å²) in [4.78, 5) is 9.48. The molecule has 5 heteroatoms. The van der Waals surface area contributed by atoms with E-state index in [4.69, 9.17) is 14.7 Å². The summed E-state index contributed by atoms with van der Waals surface area (Å²) in [5, 5.41) is 14.2. The second-order valence-corrected chi connectivity index (χ2v) is 11.6. The largest absolute Gasteiger partial charge is 0.506 e. The molecule has 6 rings (SSSR count). The molecule has 3 aromatic heterocycles. The lowest BCUT2D eigenvalue weighted by Gasteiger charge is -2.20. The first-order valence-corrected chi connectivity index (χ1v) is 14.0. The van der Waals surface area contributed by atoms with Gasteiger partial charge in [-0.1, -0.05) is 46.8 Å². The molecular weight excluding hydrogens is 494 g/mol. The predicted molar refractivity (Wildman–Crippen MR) is 164 cm³/mol. The summed E-state index contributed by atoms with van der Waals surface area (Å²) in [5.74, 6) is 2.19. The van der Waals surface area contributed by atoms with Crippen molar-refractivity contribution in [2.45, 2.75) is 59.8 Å². The second-order valence-electron chi connectivity index (χ2n) is 11.6. The van der Waals surface area contributed by atoms with Crippen LogP contribution in [0.25, 0.3) is 38.5 Å². The minimum absolute atomic E-state index is 0.0791. The molecule has 0 aliphatic heterocycles. The van der Waals surface area contributed by atoms with Gasteiger partial charge in [0.05, 0.1) is 11.0 Å². The van der Waals surface area contributed by atoms with Gasteiger partial charge in [0.2, 0.25) is 5.88 Å². The SMILES string of the molecule is CCc1ccnc(-n2c3cc(Oc4cc(C)c5cc(C(C)(C)C)cc(O)c5n4)ccc3c3c(CC)cccc32)c1. The Labute approximate surface area is 235 Å². The minimum atomic E-state index is -0.0791. The van der Waals surface area contributed by atoms with E-state index in [1.807, 2.05) is 31.3 Å². The van der Waals surface area contributed by atoms with E-state index in [9.17, 15) is 5.11 Å². The highest BCUT2D eigenvalue weighted by molar-refractivity contribution is 6.11. The van der Waals surface area contributed by atoms with Gasteiger partial charge in [0.25, 0.3) is 0 Å². The van der Waals surface area contributed by atoms with E-state index in [1.54, 1.807) is 0 Å².